The Morgan fingerprint density at radius 1 is 0.867 bits per heavy atom. The summed E-state index contributed by atoms with van der Waals surface area (Å²) in [6, 6.07) is 3.89. The number of amides is 1. The summed E-state index contributed by atoms with van der Waals surface area (Å²) < 4.78 is 78.1. The molecular weight excluding hydrogens is 412 g/mol. The van der Waals surface area contributed by atoms with Crippen LogP contribution in [0.2, 0.25) is 0 Å². The number of aryl methyl sites for hydroxylation is 1. The molecule has 0 unspecified atom stereocenters. The number of aromatic hydroxyl groups is 1. The molecule has 0 saturated carbocycles. The van der Waals surface area contributed by atoms with E-state index in [2.05, 4.69) is 5.32 Å². The number of hydrogen-bond donors (Lipinski definition) is 2. The maximum Gasteiger partial charge on any atom is 0.416 e. The molecule has 0 aliphatic rings. The largest absolute Gasteiger partial charge is 0.507 e. The van der Waals surface area contributed by atoms with Crippen molar-refractivity contribution in [2.75, 3.05) is 5.32 Å². The number of anilines is 1. The number of phenolic OH excluding ortho intramolecular Hbond substituents is 1. The summed E-state index contributed by atoms with van der Waals surface area (Å²) in [6.45, 7) is 7.33. The van der Waals surface area contributed by atoms with Crippen LogP contribution in [0.4, 0.5) is 32.0 Å². The molecule has 0 aromatic heterocycles. The number of alkyl halides is 6. The summed E-state index contributed by atoms with van der Waals surface area (Å²) in [5.41, 5.74) is -3.29. The van der Waals surface area contributed by atoms with Gasteiger partial charge in [0.15, 0.2) is 0 Å². The number of carbonyl (C=O) groups excluding carboxylic acids is 1. The van der Waals surface area contributed by atoms with Gasteiger partial charge >= 0.3 is 12.4 Å². The summed E-state index contributed by atoms with van der Waals surface area (Å²) in [5, 5.41) is 12.4. The van der Waals surface area contributed by atoms with E-state index in [1.165, 1.54) is 6.07 Å². The SMILES string of the molecule is CCc1cc(C(C)(C)C)cc(C(=O)Nc2cc(C(F)(F)F)cc(C(F)(F)F)c2)c1O. The van der Waals surface area contributed by atoms with Crippen molar-refractivity contribution in [2.45, 2.75) is 51.9 Å². The molecule has 0 aliphatic heterocycles. The van der Waals surface area contributed by atoms with Gasteiger partial charge in [0.05, 0.1) is 16.7 Å². The van der Waals surface area contributed by atoms with Crippen molar-refractivity contribution in [1.29, 1.82) is 0 Å². The number of phenols is 1. The van der Waals surface area contributed by atoms with E-state index >= 15 is 0 Å². The van der Waals surface area contributed by atoms with Gasteiger partial charge in [0.2, 0.25) is 0 Å². The van der Waals surface area contributed by atoms with E-state index in [0.717, 1.165) is 0 Å². The number of benzene rings is 2. The molecule has 0 fully saturated rings. The topological polar surface area (TPSA) is 49.3 Å². The van der Waals surface area contributed by atoms with Gasteiger partial charge in [-0.05, 0) is 47.2 Å². The molecule has 164 valence electrons. The van der Waals surface area contributed by atoms with Crippen molar-refractivity contribution in [3.8, 4) is 5.75 Å². The molecule has 2 rings (SSSR count). The highest BCUT2D eigenvalue weighted by Gasteiger charge is 2.37. The molecule has 0 atom stereocenters. The number of carbonyl (C=O) groups is 1. The maximum absolute atomic E-state index is 13.0. The van der Waals surface area contributed by atoms with Gasteiger partial charge in [0.1, 0.15) is 5.75 Å². The van der Waals surface area contributed by atoms with Crippen molar-refractivity contribution in [3.63, 3.8) is 0 Å². The summed E-state index contributed by atoms with van der Waals surface area (Å²) in [7, 11) is 0. The third-order valence-electron chi connectivity index (χ3n) is 4.53. The van der Waals surface area contributed by atoms with Gasteiger partial charge in [-0.15, -0.1) is 0 Å². The number of rotatable bonds is 3. The first-order valence-electron chi connectivity index (χ1n) is 9.01. The number of halogens is 6. The van der Waals surface area contributed by atoms with Crippen molar-refractivity contribution < 1.29 is 36.2 Å². The third-order valence-corrected chi connectivity index (χ3v) is 4.53. The average molecular weight is 433 g/mol. The predicted octanol–water partition coefficient (Wildman–Crippen LogP) is 6.54. The Morgan fingerprint density at radius 3 is 1.77 bits per heavy atom. The number of hydrogen-bond acceptors (Lipinski definition) is 2. The van der Waals surface area contributed by atoms with Crippen LogP contribution in [0, 0.1) is 0 Å². The van der Waals surface area contributed by atoms with E-state index in [1.54, 1.807) is 13.0 Å². The van der Waals surface area contributed by atoms with Gasteiger partial charge in [-0.3, -0.25) is 4.79 Å². The fourth-order valence-electron chi connectivity index (χ4n) is 2.80. The fraction of sp³-hybridized carbons (Fsp3) is 0.381. The predicted molar refractivity (Wildman–Crippen MR) is 101 cm³/mol. The Balaban J connectivity index is 2.55. The zero-order valence-electron chi connectivity index (χ0n) is 16.7. The molecular formula is C21H21F6NO2. The van der Waals surface area contributed by atoms with Crippen LogP contribution < -0.4 is 5.32 Å². The summed E-state index contributed by atoms with van der Waals surface area (Å²) in [4.78, 5) is 12.7. The van der Waals surface area contributed by atoms with E-state index in [0.29, 0.717) is 29.7 Å². The minimum atomic E-state index is -5.04. The van der Waals surface area contributed by atoms with Crippen molar-refractivity contribution in [1.82, 2.24) is 0 Å². The lowest BCUT2D eigenvalue weighted by Gasteiger charge is -2.22. The fourth-order valence-corrected chi connectivity index (χ4v) is 2.80. The number of nitrogens with one attached hydrogen (secondary N) is 1. The van der Waals surface area contributed by atoms with Crippen LogP contribution in [0.15, 0.2) is 30.3 Å². The lowest BCUT2D eigenvalue weighted by Crippen LogP contribution is -2.18. The first-order chi connectivity index (χ1) is 13.5. The molecule has 30 heavy (non-hydrogen) atoms. The first-order valence-corrected chi connectivity index (χ1v) is 9.01. The van der Waals surface area contributed by atoms with Crippen LogP contribution in [-0.2, 0) is 24.2 Å². The molecule has 3 nitrogen and oxygen atoms in total. The monoisotopic (exact) mass is 433 g/mol. The third kappa shape index (κ3) is 5.25. The average Bonchev–Trinajstić information content (AvgIpc) is 2.59. The van der Waals surface area contributed by atoms with Crippen LogP contribution in [-0.4, -0.2) is 11.0 Å². The smallest absolute Gasteiger partial charge is 0.416 e. The van der Waals surface area contributed by atoms with Crippen molar-refractivity contribution in [3.05, 3.63) is 58.1 Å². The Morgan fingerprint density at radius 2 is 1.37 bits per heavy atom. The summed E-state index contributed by atoms with van der Waals surface area (Å²) in [6.07, 6.45) is -9.70. The molecule has 2 aromatic rings. The van der Waals surface area contributed by atoms with Gasteiger partial charge in [0.25, 0.3) is 5.91 Å². The zero-order chi connectivity index (χ0) is 23.1. The molecule has 0 aliphatic carbocycles. The standard InChI is InChI=1S/C21H21F6NO2/c1-5-11-6-12(19(2,3)4)10-16(17(11)29)18(30)28-15-8-13(20(22,23)24)7-14(9-15)21(25,26)27/h6-10,29H,5H2,1-4H3,(H,28,30). The quantitative estimate of drug-likeness (QED) is 0.540. The van der Waals surface area contributed by atoms with E-state index < -0.39 is 40.5 Å². The maximum atomic E-state index is 13.0. The minimum Gasteiger partial charge on any atom is -0.507 e. The van der Waals surface area contributed by atoms with E-state index in [4.69, 9.17) is 0 Å². The Kier molecular flexibility index (Phi) is 6.16. The lowest BCUT2D eigenvalue weighted by atomic mass is 9.84. The van der Waals surface area contributed by atoms with Gasteiger partial charge in [-0.1, -0.05) is 33.8 Å². The van der Waals surface area contributed by atoms with Crippen LogP contribution >= 0.6 is 0 Å². The molecule has 0 heterocycles. The lowest BCUT2D eigenvalue weighted by molar-refractivity contribution is -0.143. The molecule has 9 heteroatoms. The van der Waals surface area contributed by atoms with Crippen LogP contribution in [0.5, 0.6) is 5.75 Å². The van der Waals surface area contributed by atoms with Crippen molar-refractivity contribution in [2.24, 2.45) is 0 Å². The molecule has 1 amide bonds. The van der Waals surface area contributed by atoms with Crippen molar-refractivity contribution >= 4 is 11.6 Å². The van der Waals surface area contributed by atoms with E-state index in [-0.39, 0.29) is 17.4 Å². The van der Waals surface area contributed by atoms with Crippen LogP contribution in [0.1, 0.15) is 60.3 Å². The van der Waals surface area contributed by atoms with E-state index in [1.807, 2.05) is 20.8 Å². The molecule has 0 radical (unpaired) electrons. The Bertz CT molecular complexity index is 923. The second-order valence-corrected chi connectivity index (χ2v) is 7.88. The molecule has 2 N–H and O–H groups in total. The molecule has 0 bridgehead atoms. The van der Waals surface area contributed by atoms with Gasteiger partial charge in [-0.2, -0.15) is 26.3 Å². The normalized spacial score (nSPS) is 12.7. The summed E-state index contributed by atoms with van der Waals surface area (Å²) >= 11 is 0. The second kappa shape index (κ2) is 7.85. The zero-order valence-corrected chi connectivity index (χ0v) is 16.7. The minimum absolute atomic E-state index is 0.0253. The highest BCUT2D eigenvalue weighted by molar-refractivity contribution is 6.06. The van der Waals surface area contributed by atoms with Crippen LogP contribution in [0.3, 0.4) is 0 Å². The Hall–Kier alpha value is -2.71. The van der Waals surface area contributed by atoms with Gasteiger partial charge in [-0.25, -0.2) is 0 Å². The molecule has 0 spiro atoms. The Labute approximate surface area is 169 Å². The molecule has 0 saturated heterocycles. The summed E-state index contributed by atoms with van der Waals surface area (Å²) in [5.74, 6) is -1.38. The second-order valence-electron chi connectivity index (χ2n) is 7.88. The highest BCUT2D eigenvalue weighted by atomic mass is 19.4. The first kappa shape index (κ1) is 23.6. The van der Waals surface area contributed by atoms with Crippen LogP contribution in [0.25, 0.3) is 0 Å². The van der Waals surface area contributed by atoms with Gasteiger partial charge < -0.3 is 10.4 Å². The molecule has 2 aromatic carbocycles. The van der Waals surface area contributed by atoms with E-state index in [9.17, 15) is 36.2 Å². The van der Waals surface area contributed by atoms with Gasteiger partial charge in [0, 0.05) is 5.69 Å². The highest BCUT2D eigenvalue weighted by Crippen LogP contribution is 2.38.